The van der Waals surface area contributed by atoms with Gasteiger partial charge < -0.3 is 20.4 Å². The summed E-state index contributed by atoms with van der Waals surface area (Å²) in [7, 11) is 0. The van der Waals surface area contributed by atoms with Crippen molar-refractivity contribution in [1.82, 2.24) is 0 Å². The summed E-state index contributed by atoms with van der Waals surface area (Å²) in [6.45, 7) is 0. The maximum Gasteiger partial charge on any atom is 0.311 e. The van der Waals surface area contributed by atoms with Gasteiger partial charge in [0.05, 0.1) is 23.7 Å². The first-order valence-electron chi connectivity index (χ1n) is 7.82. The van der Waals surface area contributed by atoms with Gasteiger partial charge in [-0.25, -0.2) is 0 Å². The predicted molar refractivity (Wildman–Crippen MR) is 79.1 cm³/mol. The van der Waals surface area contributed by atoms with Crippen LogP contribution < -0.4 is 0 Å². The number of carbonyl (C=O) groups is 4. The summed E-state index contributed by atoms with van der Waals surface area (Å²) in [5.41, 5.74) is 0. The molecule has 0 aliphatic heterocycles. The fourth-order valence-corrected chi connectivity index (χ4v) is 3.93. The zero-order chi connectivity index (χ0) is 18.0. The first-order chi connectivity index (χ1) is 11.2. The fourth-order valence-electron chi connectivity index (χ4n) is 3.93. The van der Waals surface area contributed by atoms with Gasteiger partial charge >= 0.3 is 23.9 Å². The third-order valence-electron chi connectivity index (χ3n) is 5.26. The Hall–Kier alpha value is -2.38. The molecule has 0 heterocycles. The highest BCUT2D eigenvalue weighted by atomic mass is 16.4. The summed E-state index contributed by atoms with van der Waals surface area (Å²) in [5, 5.41) is 36.8. The molecule has 1 saturated carbocycles. The van der Waals surface area contributed by atoms with Crippen molar-refractivity contribution in [3.05, 3.63) is 12.2 Å². The molecule has 0 aromatic carbocycles. The molecule has 1 fully saturated rings. The smallest absolute Gasteiger partial charge is 0.311 e. The van der Waals surface area contributed by atoms with E-state index in [1.54, 1.807) is 6.08 Å². The van der Waals surface area contributed by atoms with Crippen molar-refractivity contribution < 1.29 is 39.6 Å². The number of aliphatic carboxylic acids is 4. The van der Waals surface area contributed by atoms with E-state index < -0.39 is 47.5 Å². The van der Waals surface area contributed by atoms with Crippen LogP contribution in [0.1, 0.15) is 25.7 Å². The number of rotatable bonds is 5. The Bertz CT molecular complexity index is 581. The average molecular weight is 340 g/mol. The molecule has 24 heavy (non-hydrogen) atoms. The second-order valence-corrected chi connectivity index (χ2v) is 6.56. The van der Waals surface area contributed by atoms with E-state index in [4.69, 9.17) is 10.2 Å². The van der Waals surface area contributed by atoms with E-state index in [0.717, 1.165) is 0 Å². The van der Waals surface area contributed by atoms with E-state index in [2.05, 4.69) is 0 Å². The maximum absolute atomic E-state index is 11.4. The Balaban J connectivity index is 2.16. The van der Waals surface area contributed by atoms with E-state index in [9.17, 15) is 29.4 Å². The average Bonchev–Trinajstić information content (AvgIpc) is 2.53. The fraction of sp³-hybridized carbons (Fsp3) is 0.625. The molecule has 2 aliphatic carbocycles. The SMILES string of the molecule is O=C(O)C1C=CC(C2CCC(C(=O)O)C(C(=O)O)C2)CC1C(=O)O. The van der Waals surface area contributed by atoms with Crippen molar-refractivity contribution >= 4 is 23.9 Å². The first-order valence-corrected chi connectivity index (χ1v) is 7.82. The molecular weight excluding hydrogens is 320 g/mol. The van der Waals surface area contributed by atoms with Crippen molar-refractivity contribution in [2.24, 2.45) is 35.5 Å². The molecule has 2 aliphatic rings. The molecule has 132 valence electrons. The highest BCUT2D eigenvalue weighted by Gasteiger charge is 2.44. The van der Waals surface area contributed by atoms with E-state index in [1.165, 1.54) is 6.08 Å². The second-order valence-electron chi connectivity index (χ2n) is 6.56. The zero-order valence-electron chi connectivity index (χ0n) is 12.9. The van der Waals surface area contributed by atoms with Gasteiger partial charge in [0.25, 0.3) is 0 Å². The molecule has 8 heteroatoms. The molecular formula is C16H20O8. The first kappa shape index (κ1) is 18.0. The van der Waals surface area contributed by atoms with Gasteiger partial charge in [-0.3, -0.25) is 19.2 Å². The summed E-state index contributed by atoms with van der Waals surface area (Å²) in [4.78, 5) is 45.0. The van der Waals surface area contributed by atoms with Gasteiger partial charge in [0, 0.05) is 0 Å². The van der Waals surface area contributed by atoms with Gasteiger partial charge in [0.1, 0.15) is 0 Å². The molecule has 0 radical (unpaired) electrons. The molecule has 0 saturated heterocycles. The van der Waals surface area contributed by atoms with Crippen LogP contribution in [0.5, 0.6) is 0 Å². The zero-order valence-corrected chi connectivity index (χ0v) is 12.9. The molecule has 0 amide bonds. The molecule has 0 aromatic heterocycles. The largest absolute Gasteiger partial charge is 0.481 e. The summed E-state index contributed by atoms with van der Waals surface area (Å²) >= 11 is 0. The van der Waals surface area contributed by atoms with Gasteiger partial charge in [-0.15, -0.1) is 0 Å². The van der Waals surface area contributed by atoms with Crippen LogP contribution in [0.2, 0.25) is 0 Å². The highest BCUT2D eigenvalue weighted by Crippen LogP contribution is 2.43. The van der Waals surface area contributed by atoms with Crippen molar-refractivity contribution in [3.63, 3.8) is 0 Å². The van der Waals surface area contributed by atoms with Crippen LogP contribution in [-0.4, -0.2) is 44.3 Å². The van der Waals surface area contributed by atoms with E-state index in [-0.39, 0.29) is 31.1 Å². The normalized spacial score (nSPS) is 36.0. The summed E-state index contributed by atoms with van der Waals surface area (Å²) in [5.74, 6) is -9.18. The van der Waals surface area contributed by atoms with Crippen LogP contribution in [0.3, 0.4) is 0 Å². The van der Waals surface area contributed by atoms with Crippen LogP contribution in [0, 0.1) is 35.5 Å². The van der Waals surface area contributed by atoms with E-state index in [0.29, 0.717) is 6.42 Å². The topological polar surface area (TPSA) is 149 Å². The number of carboxylic acids is 4. The Morgan fingerprint density at radius 3 is 1.75 bits per heavy atom. The molecule has 6 unspecified atom stereocenters. The molecule has 0 bridgehead atoms. The maximum atomic E-state index is 11.4. The van der Waals surface area contributed by atoms with Crippen LogP contribution in [0.15, 0.2) is 12.2 Å². The Labute approximate surface area is 137 Å². The summed E-state index contributed by atoms with van der Waals surface area (Å²) in [6.07, 6.45) is 4.02. The predicted octanol–water partition coefficient (Wildman–Crippen LogP) is 1.17. The third kappa shape index (κ3) is 3.58. The lowest BCUT2D eigenvalue weighted by Crippen LogP contribution is -2.40. The Morgan fingerprint density at radius 1 is 0.667 bits per heavy atom. The van der Waals surface area contributed by atoms with Crippen LogP contribution in [-0.2, 0) is 19.2 Å². The molecule has 6 atom stereocenters. The van der Waals surface area contributed by atoms with E-state index >= 15 is 0 Å². The lowest BCUT2D eigenvalue weighted by atomic mass is 9.65. The van der Waals surface area contributed by atoms with Crippen molar-refractivity contribution in [3.8, 4) is 0 Å². The number of allylic oxidation sites excluding steroid dienone is 1. The van der Waals surface area contributed by atoms with Gasteiger partial charge in [0.2, 0.25) is 0 Å². The molecule has 0 spiro atoms. The number of carboxylic acid groups (broad SMARTS) is 4. The lowest BCUT2D eigenvalue weighted by Gasteiger charge is -2.38. The standard InChI is InChI=1S/C16H20O8/c17-13(18)9-3-1-7(5-11(9)15(21)22)8-2-4-10(14(19)20)12(6-8)16(23)24/h1,3,7-12H,2,4-6H2,(H,17,18)(H,19,20)(H,21,22)(H,23,24). The molecule has 8 nitrogen and oxygen atoms in total. The van der Waals surface area contributed by atoms with Crippen LogP contribution >= 0.6 is 0 Å². The lowest BCUT2D eigenvalue weighted by molar-refractivity contribution is -0.157. The number of hydrogen-bond donors (Lipinski definition) is 4. The number of hydrogen-bond acceptors (Lipinski definition) is 4. The molecule has 2 rings (SSSR count). The molecule has 4 N–H and O–H groups in total. The minimum atomic E-state index is -1.20. The van der Waals surface area contributed by atoms with Gasteiger partial charge in [0.15, 0.2) is 0 Å². The van der Waals surface area contributed by atoms with E-state index in [1.807, 2.05) is 0 Å². The van der Waals surface area contributed by atoms with Crippen molar-refractivity contribution in [2.45, 2.75) is 25.7 Å². The van der Waals surface area contributed by atoms with Crippen molar-refractivity contribution in [1.29, 1.82) is 0 Å². The molecule has 0 aromatic rings. The summed E-state index contributed by atoms with van der Waals surface area (Å²) in [6, 6.07) is 0. The van der Waals surface area contributed by atoms with Crippen LogP contribution in [0.25, 0.3) is 0 Å². The minimum Gasteiger partial charge on any atom is -0.481 e. The third-order valence-corrected chi connectivity index (χ3v) is 5.26. The van der Waals surface area contributed by atoms with Crippen LogP contribution in [0.4, 0.5) is 0 Å². The second kappa shape index (κ2) is 7.02. The van der Waals surface area contributed by atoms with Gasteiger partial charge in [-0.05, 0) is 37.5 Å². The highest BCUT2D eigenvalue weighted by molar-refractivity contribution is 5.82. The Kier molecular flexibility index (Phi) is 5.26. The minimum absolute atomic E-state index is 0.123. The monoisotopic (exact) mass is 340 g/mol. The summed E-state index contributed by atoms with van der Waals surface area (Å²) < 4.78 is 0. The quantitative estimate of drug-likeness (QED) is 0.545. The van der Waals surface area contributed by atoms with Crippen molar-refractivity contribution in [2.75, 3.05) is 0 Å². The Morgan fingerprint density at radius 2 is 1.25 bits per heavy atom. The van der Waals surface area contributed by atoms with Gasteiger partial charge in [-0.2, -0.15) is 0 Å². The van der Waals surface area contributed by atoms with Gasteiger partial charge in [-0.1, -0.05) is 12.2 Å².